The second-order valence-corrected chi connectivity index (χ2v) is 5.83. The lowest BCUT2D eigenvalue weighted by atomic mass is 10.2. The van der Waals surface area contributed by atoms with Gasteiger partial charge in [-0.15, -0.1) is 10.2 Å². The normalized spacial score (nSPS) is 10.4. The Morgan fingerprint density at radius 2 is 1.80 bits per heavy atom. The third-order valence-electron chi connectivity index (χ3n) is 3.16. The summed E-state index contributed by atoms with van der Waals surface area (Å²) in [5, 5.41) is 13.6. The van der Waals surface area contributed by atoms with E-state index >= 15 is 0 Å². The first-order valence-corrected chi connectivity index (χ1v) is 7.88. The molecule has 2 aromatic carbocycles. The van der Waals surface area contributed by atoms with Crippen LogP contribution in [0.1, 0.15) is 0 Å². The predicted molar refractivity (Wildman–Crippen MR) is 90.9 cm³/mol. The highest BCUT2D eigenvalue weighted by atomic mass is 32.1. The molecule has 25 heavy (non-hydrogen) atoms. The van der Waals surface area contributed by atoms with E-state index in [1.165, 1.54) is 17.4 Å². The van der Waals surface area contributed by atoms with Crippen molar-refractivity contribution in [3.63, 3.8) is 0 Å². The molecule has 9 heteroatoms. The standard InChI is InChI=1S/C16H12F2N4O2S/c1-24-11-5-2-9(3-6-11)14-21-22-16(25-14)20-15(23)19-10-4-7-12(17)13(18)8-10/h2-8H,1H3,(H2,19,20,22,23). The number of halogens is 2. The van der Waals surface area contributed by atoms with Crippen LogP contribution in [0.4, 0.5) is 24.4 Å². The summed E-state index contributed by atoms with van der Waals surface area (Å²) in [7, 11) is 1.58. The van der Waals surface area contributed by atoms with Crippen LogP contribution in [0.15, 0.2) is 42.5 Å². The smallest absolute Gasteiger partial charge is 0.325 e. The molecule has 0 fully saturated rings. The number of amides is 2. The molecule has 0 bridgehead atoms. The molecule has 0 radical (unpaired) electrons. The molecule has 0 atom stereocenters. The van der Waals surface area contributed by atoms with Gasteiger partial charge in [0.2, 0.25) is 5.13 Å². The maximum Gasteiger partial charge on any atom is 0.325 e. The number of hydrogen-bond acceptors (Lipinski definition) is 5. The van der Waals surface area contributed by atoms with E-state index in [2.05, 4.69) is 20.8 Å². The number of carbonyl (C=O) groups excluding carboxylic acids is 1. The molecule has 0 saturated heterocycles. The lowest BCUT2D eigenvalue weighted by Gasteiger charge is -2.05. The fourth-order valence-electron chi connectivity index (χ4n) is 1.96. The van der Waals surface area contributed by atoms with Crippen LogP contribution >= 0.6 is 11.3 Å². The molecular weight excluding hydrogens is 350 g/mol. The predicted octanol–water partition coefficient (Wildman–Crippen LogP) is 4.14. The maximum atomic E-state index is 13.1. The molecule has 2 amide bonds. The Labute approximate surface area is 145 Å². The van der Waals surface area contributed by atoms with Gasteiger partial charge in [-0.25, -0.2) is 13.6 Å². The number of ether oxygens (including phenoxy) is 1. The molecule has 128 valence electrons. The van der Waals surface area contributed by atoms with Crippen LogP contribution in [0.3, 0.4) is 0 Å². The van der Waals surface area contributed by atoms with E-state index in [1.54, 1.807) is 19.2 Å². The van der Waals surface area contributed by atoms with E-state index in [0.717, 1.165) is 23.4 Å². The van der Waals surface area contributed by atoms with Gasteiger partial charge in [0.25, 0.3) is 0 Å². The van der Waals surface area contributed by atoms with Gasteiger partial charge in [0.1, 0.15) is 10.8 Å². The summed E-state index contributed by atoms with van der Waals surface area (Å²) in [5.74, 6) is -1.31. The summed E-state index contributed by atoms with van der Waals surface area (Å²) in [6.45, 7) is 0. The number of benzene rings is 2. The number of methoxy groups -OCH3 is 1. The number of rotatable bonds is 4. The number of hydrogen-bond donors (Lipinski definition) is 2. The van der Waals surface area contributed by atoms with E-state index < -0.39 is 17.7 Å². The highest BCUT2D eigenvalue weighted by Gasteiger charge is 2.11. The number of carbonyl (C=O) groups is 1. The number of anilines is 2. The number of urea groups is 1. The number of nitrogens with one attached hydrogen (secondary N) is 2. The van der Waals surface area contributed by atoms with Gasteiger partial charge in [0, 0.05) is 17.3 Å². The SMILES string of the molecule is COc1ccc(-c2nnc(NC(=O)Nc3ccc(F)c(F)c3)s2)cc1. The molecule has 3 aromatic rings. The van der Waals surface area contributed by atoms with Crippen molar-refractivity contribution in [1.29, 1.82) is 0 Å². The number of nitrogens with zero attached hydrogens (tertiary/aromatic N) is 2. The molecule has 1 aromatic heterocycles. The summed E-state index contributed by atoms with van der Waals surface area (Å²) in [4.78, 5) is 11.9. The average molecular weight is 362 g/mol. The van der Waals surface area contributed by atoms with Gasteiger partial charge in [-0.3, -0.25) is 5.32 Å². The monoisotopic (exact) mass is 362 g/mol. The minimum absolute atomic E-state index is 0.122. The van der Waals surface area contributed by atoms with Crippen molar-refractivity contribution in [2.75, 3.05) is 17.7 Å². The summed E-state index contributed by atoms with van der Waals surface area (Å²) < 4.78 is 31.1. The van der Waals surface area contributed by atoms with Crippen LogP contribution in [-0.2, 0) is 0 Å². The topological polar surface area (TPSA) is 76.1 Å². The van der Waals surface area contributed by atoms with Gasteiger partial charge in [-0.2, -0.15) is 0 Å². The van der Waals surface area contributed by atoms with Crippen molar-refractivity contribution in [2.24, 2.45) is 0 Å². The first-order chi connectivity index (χ1) is 12.0. The summed E-state index contributed by atoms with van der Waals surface area (Å²) in [5.41, 5.74) is 0.948. The minimum atomic E-state index is -1.05. The average Bonchev–Trinajstić information content (AvgIpc) is 3.06. The van der Waals surface area contributed by atoms with Crippen LogP contribution < -0.4 is 15.4 Å². The lowest BCUT2D eigenvalue weighted by molar-refractivity contribution is 0.262. The van der Waals surface area contributed by atoms with E-state index in [1.807, 2.05) is 12.1 Å². The molecule has 0 aliphatic rings. The third-order valence-corrected chi connectivity index (χ3v) is 4.05. The van der Waals surface area contributed by atoms with Crippen LogP contribution in [0, 0.1) is 11.6 Å². The molecule has 0 aliphatic heterocycles. The zero-order chi connectivity index (χ0) is 17.8. The molecule has 1 heterocycles. The van der Waals surface area contributed by atoms with Gasteiger partial charge >= 0.3 is 6.03 Å². The zero-order valence-electron chi connectivity index (χ0n) is 12.9. The van der Waals surface area contributed by atoms with Crippen molar-refractivity contribution < 1.29 is 18.3 Å². The quantitative estimate of drug-likeness (QED) is 0.731. The van der Waals surface area contributed by atoms with Gasteiger partial charge in [0.15, 0.2) is 11.6 Å². The minimum Gasteiger partial charge on any atom is -0.497 e. The molecule has 0 saturated carbocycles. The Morgan fingerprint density at radius 3 is 2.48 bits per heavy atom. The molecule has 0 spiro atoms. The first-order valence-electron chi connectivity index (χ1n) is 7.06. The third kappa shape index (κ3) is 4.07. The highest BCUT2D eigenvalue weighted by molar-refractivity contribution is 7.18. The van der Waals surface area contributed by atoms with Gasteiger partial charge in [-0.1, -0.05) is 11.3 Å². The summed E-state index contributed by atoms with van der Waals surface area (Å²) >= 11 is 1.17. The maximum absolute atomic E-state index is 13.1. The van der Waals surface area contributed by atoms with Gasteiger partial charge < -0.3 is 10.1 Å². The summed E-state index contributed by atoms with van der Waals surface area (Å²) in [6, 6.07) is 9.66. The van der Waals surface area contributed by atoms with Crippen LogP contribution in [0.25, 0.3) is 10.6 Å². The van der Waals surface area contributed by atoms with Crippen molar-refractivity contribution in [3.8, 4) is 16.3 Å². The molecule has 2 N–H and O–H groups in total. The second kappa shape index (κ2) is 7.22. The van der Waals surface area contributed by atoms with Gasteiger partial charge in [0.05, 0.1) is 7.11 Å². The first kappa shape index (κ1) is 16.8. The Hall–Kier alpha value is -3.07. The molecular formula is C16H12F2N4O2S. The van der Waals surface area contributed by atoms with E-state index in [-0.39, 0.29) is 10.8 Å². The Balaban J connectivity index is 1.65. The van der Waals surface area contributed by atoms with E-state index in [9.17, 15) is 13.6 Å². The largest absolute Gasteiger partial charge is 0.497 e. The van der Waals surface area contributed by atoms with E-state index in [4.69, 9.17) is 4.74 Å². The van der Waals surface area contributed by atoms with Crippen LogP contribution in [0.5, 0.6) is 5.75 Å². The van der Waals surface area contributed by atoms with Gasteiger partial charge in [-0.05, 0) is 36.4 Å². The Bertz CT molecular complexity index is 899. The highest BCUT2D eigenvalue weighted by Crippen LogP contribution is 2.27. The number of aromatic nitrogens is 2. The zero-order valence-corrected chi connectivity index (χ0v) is 13.7. The van der Waals surface area contributed by atoms with E-state index in [0.29, 0.717) is 5.01 Å². The van der Waals surface area contributed by atoms with Crippen molar-refractivity contribution in [1.82, 2.24) is 10.2 Å². The fraction of sp³-hybridized carbons (Fsp3) is 0.0625. The Kier molecular flexibility index (Phi) is 4.85. The van der Waals surface area contributed by atoms with Crippen molar-refractivity contribution >= 4 is 28.2 Å². The van der Waals surface area contributed by atoms with Crippen LogP contribution in [0.2, 0.25) is 0 Å². The molecule has 0 aliphatic carbocycles. The molecule has 0 unspecified atom stereocenters. The fourth-order valence-corrected chi connectivity index (χ4v) is 2.70. The molecule has 6 nitrogen and oxygen atoms in total. The summed E-state index contributed by atoms with van der Waals surface area (Å²) in [6.07, 6.45) is 0. The van der Waals surface area contributed by atoms with Crippen molar-refractivity contribution in [3.05, 3.63) is 54.1 Å². The lowest BCUT2D eigenvalue weighted by Crippen LogP contribution is -2.19. The second-order valence-electron chi connectivity index (χ2n) is 4.85. The molecule has 3 rings (SSSR count). The van der Waals surface area contributed by atoms with Crippen molar-refractivity contribution in [2.45, 2.75) is 0 Å². The van der Waals surface area contributed by atoms with Crippen LogP contribution in [-0.4, -0.2) is 23.3 Å². The Morgan fingerprint density at radius 1 is 1.04 bits per heavy atom.